The maximum atomic E-state index is 12.8. The number of nitrogens with zero attached hydrogens (tertiary/aromatic N) is 2. The first-order valence-corrected chi connectivity index (χ1v) is 12.0. The van der Waals surface area contributed by atoms with Gasteiger partial charge in [0.15, 0.2) is 0 Å². The lowest BCUT2D eigenvalue weighted by atomic mass is 9.96. The maximum Gasteiger partial charge on any atom is 0.253 e. The van der Waals surface area contributed by atoms with Crippen LogP contribution in [0.5, 0.6) is 0 Å². The summed E-state index contributed by atoms with van der Waals surface area (Å²) >= 11 is 0. The second kappa shape index (κ2) is 10.8. The average Bonchev–Trinajstić information content (AvgIpc) is 2.84. The summed E-state index contributed by atoms with van der Waals surface area (Å²) in [4.78, 5) is 30.0. The Balaban J connectivity index is 1.26. The fourth-order valence-corrected chi connectivity index (χ4v) is 4.73. The van der Waals surface area contributed by atoms with E-state index in [9.17, 15) is 9.59 Å². The minimum atomic E-state index is -0.142. The molecule has 32 heavy (non-hydrogen) atoms. The molecule has 0 radical (unpaired) electrons. The van der Waals surface area contributed by atoms with E-state index in [4.69, 9.17) is 0 Å². The molecule has 2 saturated heterocycles. The molecule has 1 atom stereocenters. The Bertz CT molecular complexity index is 902. The van der Waals surface area contributed by atoms with Gasteiger partial charge in [0.25, 0.3) is 5.91 Å². The molecule has 2 aliphatic heterocycles. The number of aryl methyl sites for hydroxylation is 1. The number of carbonyl (C=O) groups is 2. The molecule has 2 amide bonds. The quantitative estimate of drug-likeness (QED) is 0.745. The molecule has 1 unspecified atom stereocenters. The van der Waals surface area contributed by atoms with E-state index < -0.39 is 0 Å². The Hall–Kier alpha value is -2.66. The third-order valence-corrected chi connectivity index (χ3v) is 6.72. The summed E-state index contributed by atoms with van der Waals surface area (Å²) in [5, 5.41) is 3.09. The Morgan fingerprint density at radius 1 is 0.875 bits per heavy atom. The van der Waals surface area contributed by atoms with Crippen LogP contribution in [0, 0.1) is 12.8 Å². The van der Waals surface area contributed by atoms with Gasteiger partial charge < -0.3 is 10.2 Å². The van der Waals surface area contributed by atoms with Crippen LogP contribution in [0.25, 0.3) is 0 Å². The summed E-state index contributed by atoms with van der Waals surface area (Å²) in [5.74, 6) is -0.0767. The number of likely N-dealkylation sites (tertiary alicyclic amines) is 2. The second-order valence-electron chi connectivity index (χ2n) is 9.33. The molecule has 0 spiro atoms. The lowest BCUT2D eigenvalue weighted by Gasteiger charge is -2.32. The van der Waals surface area contributed by atoms with Crippen LogP contribution in [0.2, 0.25) is 0 Å². The minimum Gasteiger partial charge on any atom is -0.352 e. The van der Waals surface area contributed by atoms with Gasteiger partial charge in [-0.3, -0.25) is 14.5 Å². The monoisotopic (exact) mass is 433 g/mol. The summed E-state index contributed by atoms with van der Waals surface area (Å²) < 4.78 is 0. The fraction of sp³-hybridized carbons (Fsp3) is 0.481. The predicted molar refractivity (Wildman–Crippen MR) is 127 cm³/mol. The molecule has 5 heteroatoms. The largest absolute Gasteiger partial charge is 0.352 e. The van der Waals surface area contributed by atoms with Gasteiger partial charge in [-0.2, -0.15) is 0 Å². The molecule has 170 valence electrons. The molecule has 0 saturated carbocycles. The molecule has 2 aromatic carbocycles. The number of hydrogen-bond acceptors (Lipinski definition) is 3. The highest BCUT2D eigenvalue weighted by Crippen LogP contribution is 2.20. The molecular formula is C27H35N3O2. The summed E-state index contributed by atoms with van der Waals surface area (Å²) in [5.41, 5.74) is 4.28. The van der Waals surface area contributed by atoms with Crippen LogP contribution in [0.1, 0.15) is 59.2 Å². The number of hydrogen-bond donors (Lipinski definition) is 1. The Morgan fingerprint density at radius 2 is 1.56 bits per heavy atom. The molecule has 2 fully saturated rings. The van der Waals surface area contributed by atoms with E-state index in [1.807, 2.05) is 36.1 Å². The molecule has 0 bridgehead atoms. The number of rotatable bonds is 6. The van der Waals surface area contributed by atoms with Crippen molar-refractivity contribution < 1.29 is 9.59 Å². The van der Waals surface area contributed by atoms with Crippen LogP contribution in [-0.2, 0) is 17.9 Å². The van der Waals surface area contributed by atoms with Gasteiger partial charge in [-0.25, -0.2) is 0 Å². The van der Waals surface area contributed by atoms with Gasteiger partial charge in [0.05, 0.1) is 5.92 Å². The highest BCUT2D eigenvalue weighted by Gasteiger charge is 2.28. The van der Waals surface area contributed by atoms with Crippen LogP contribution in [-0.4, -0.2) is 47.8 Å². The van der Waals surface area contributed by atoms with Crippen LogP contribution < -0.4 is 5.32 Å². The zero-order chi connectivity index (χ0) is 22.3. The first-order valence-electron chi connectivity index (χ1n) is 12.0. The second-order valence-corrected chi connectivity index (χ2v) is 9.33. The zero-order valence-electron chi connectivity index (χ0n) is 19.2. The summed E-state index contributed by atoms with van der Waals surface area (Å²) in [6, 6.07) is 16.3. The smallest absolute Gasteiger partial charge is 0.253 e. The molecule has 2 heterocycles. The van der Waals surface area contributed by atoms with Crippen LogP contribution in [0.15, 0.2) is 48.5 Å². The Labute approximate surface area is 191 Å². The van der Waals surface area contributed by atoms with Crippen molar-refractivity contribution in [3.05, 3.63) is 70.8 Å². The van der Waals surface area contributed by atoms with E-state index >= 15 is 0 Å². The van der Waals surface area contributed by atoms with Crippen LogP contribution in [0.3, 0.4) is 0 Å². The molecule has 4 rings (SSSR count). The lowest BCUT2D eigenvalue weighted by molar-refractivity contribution is -0.126. The normalized spacial score (nSPS) is 19.5. The van der Waals surface area contributed by atoms with Gasteiger partial charge in [-0.15, -0.1) is 0 Å². The first-order chi connectivity index (χ1) is 15.6. The van der Waals surface area contributed by atoms with Crippen LogP contribution >= 0.6 is 0 Å². The topological polar surface area (TPSA) is 52.7 Å². The number of nitrogens with one attached hydrogen (secondary N) is 1. The van der Waals surface area contributed by atoms with Crippen molar-refractivity contribution in [2.24, 2.45) is 5.92 Å². The number of piperidine rings is 2. The van der Waals surface area contributed by atoms with Crippen molar-refractivity contribution in [3.8, 4) is 0 Å². The molecule has 0 aromatic heterocycles. The van der Waals surface area contributed by atoms with E-state index in [2.05, 4.69) is 34.5 Å². The summed E-state index contributed by atoms with van der Waals surface area (Å²) in [6.45, 7) is 7.16. The first kappa shape index (κ1) is 22.5. The van der Waals surface area contributed by atoms with E-state index in [0.29, 0.717) is 18.7 Å². The van der Waals surface area contributed by atoms with Gasteiger partial charge in [0, 0.05) is 31.7 Å². The number of benzene rings is 2. The van der Waals surface area contributed by atoms with Gasteiger partial charge in [-0.05, 0) is 69.0 Å². The fourth-order valence-electron chi connectivity index (χ4n) is 4.73. The SMILES string of the molecule is Cc1ccc(C(=O)N2CCCC(C(=O)NCc3ccc(CN4CCCCC4)cc3)C2)cc1. The van der Waals surface area contributed by atoms with Crippen molar-refractivity contribution in [3.63, 3.8) is 0 Å². The van der Waals surface area contributed by atoms with Crippen molar-refractivity contribution in [1.29, 1.82) is 0 Å². The molecule has 2 aromatic rings. The van der Waals surface area contributed by atoms with Crippen molar-refractivity contribution in [1.82, 2.24) is 15.1 Å². The van der Waals surface area contributed by atoms with E-state index in [0.717, 1.165) is 37.1 Å². The van der Waals surface area contributed by atoms with E-state index in [1.54, 1.807) is 0 Å². The van der Waals surface area contributed by atoms with Crippen molar-refractivity contribution in [2.45, 2.75) is 52.1 Å². The van der Waals surface area contributed by atoms with Gasteiger partial charge >= 0.3 is 0 Å². The van der Waals surface area contributed by atoms with Crippen molar-refractivity contribution >= 4 is 11.8 Å². The van der Waals surface area contributed by atoms with Crippen LogP contribution in [0.4, 0.5) is 0 Å². The standard InChI is InChI=1S/C27H35N3O2/c1-21-7-13-24(14-8-21)27(32)30-17-5-6-25(20-30)26(31)28-18-22-9-11-23(12-10-22)19-29-15-3-2-4-16-29/h7-14,25H,2-6,15-20H2,1H3,(H,28,31). The summed E-state index contributed by atoms with van der Waals surface area (Å²) in [7, 11) is 0. The predicted octanol–water partition coefficient (Wildman–Crippen LogP) is 4.15. The maximum absolute atomic E-state index is 12.8. The third-order valence-electron chi connectivity index (χ3n) is 6.72. The van der Waals surface area contributed by atoms with Crippen molar-refractivity contribution in [2.75, 3.05) is 26.2 Å². The Kier molecular flexibility index (Phi) is 7.59. The molecular weight excluding hydrogens is 398 g/mol. The average molecular weight is 434 g/mol. The highest BCUT2D eigenvalue weighted by molar-refractivity contribution is 5.94. The summed E-state index contributed by atoms with van der Waals surface area (Å²) in [6.07, 6.45) is 5.66. The highest BCUT2D eigenvalue weighted by atomic mass is 16.2. The van der Waals surface area contributed by atoms with Gasteiger partial charge in [0.1, 0.15) is 0 Å². The molecule has 1 N–H and O–H groups in total. The van der Waals surface area contributed by atoms with E-state index in [1.165, 1.54) is 37.9 Å². The molecule has 5 nitrogen and oxygen atoms in total. The third kappa shape index (κ3) is 5.98. The minimum absolute atomic E-state index is 0.0202. The zero-order valence-corrected chi connectivity index (χ0v) is 19.2. The number of carbonyl (C=O) groups excluding carboxylic acids is 2. The van der Waals surface area contributed by atoms with Gasteiger partial charge in [-0.1, -0.05) is 48.4 Å². The molecule has 0 aliphatic carbocycles. The van der Waals surface area contributed by atoms with Gasteiger partial charge in [0.2, 0.25) is 5.91 Å². The van der Waals surface area contributed by atoms with E-state index in [-0.39, 0.29) is 17.7 Å². The molecule has 2 aliphatic rings. The lowest BCUT2D eigenvalue weighted by Crippen LogP contribution is -2.45. The Morgan fingerprint density at radius 3 is 2.28 bits per heavy atom. The number of amides is 2.